The second-order valence-corrected chi connectivity index (χ2v) is 3.81. The van der Waals surface area contributed by atoms with Crippen LogP contribution in [0.3, 0.4) is 0 Å². The van der Waals surface area contributed by atoms with Crippen LogP contribution in [0, 0.1) is 0 Å². The van der Waals surface area contributed by atoms with E-state index in [0.717, 1.165) is 32.6 Å². The Balaban J connectivity index is 0.000000162. The van der Waals surface area contributed by atoms with Gasteiger partial charge < -0.3 is 10.6 Å². The van der Waals surface area contributed by atoms with E-state index in [1.165, 1.54) is 11.1 Å². The number of rotatable bonds is 0. The number of nitrogens with one attached hydrogen (secondary N) is 2. The molecule has 1 heterocycles. The molecule has 3 heteroatoms. The first-order valence-electron chi connectivity index (χ1n) is 5.63. The highest BCUT2D eigenvalue weighted by Crippen LogP contribution is 2.17. The summed E-state index contributed by atoms with van der Waals surface area (Å²) in [4.78, 5) is 0. The van der Waals surface area contributed by atoms with Gasteiger partial charge in [-0.15, -0.1) is 12.4 Å². The fraction of sp³-hybridized carbons (Fsp3) is 0.385. The first kappa shape index (κ1) is 13.2. The van der Waals surface area contributed by atoms with E-state index in [2.05, 4.69) is 47.1 Å². The average Bonchev–Trinajstić information content (AvgIpc) is 2.80. The van der Waals surface area contributed by atoms with E-state index in [4.69, 9.17) is 0 Å². The van der Waals surface area contributed by atoms with Crippen molar-refractivity contribution in [1.82, 2.24) is 10.6 Å². The number of halogens is 1. The van der Waals surface area contributed by atoms with E-state index in [9.17, 15) is 0 Å². The van der Waals surface area contributed by atoms with Gasteiger partial charge >= 0.3 is 0 Å². The Kier molecular flexibility index (Phi) is 6.16. The zero-order chi connectivity index (χ0) is 10.3. The lowest BCUT2D eigenvalue weighted by Crippen LogP contribution is -2.39. The van der Waals surface area contributed by atoms with Crippen molar-refractivity contribution in [1.29, 1.82) is 0 Å². The Morgan fingerprint density at radius 3 is 2.06 bits per heavy atom. The van der Waals surface area contributed by atoms with Crippen molar-refractivity contribution < 1.29 is 0 Å². The Labute approximate surface area is 104 Å². The zero-order valence-electron chi connectivity index (χ0n) is 9.41. The van der Waals surface area contributed by atoms with E-state index in [1.807, 2.05) is 0 Å². The van der Waals surface area contributed by atoms with Gasteiger partial charge in [-0.25, -0.2) is 0 Å². The van der Waals surface area contributed by atoms with Gasteiger partial charge in [0.15, 0.2) is 0 Å². The lowest BCUT2D eigenvalue weighted by atomic mass is 10.1. The van der Waals surface area contributed by atoms with Gasteiger partial charge in [-0.05, 0) is 17.5 Å². The number of fused-ring (bicyclic) bond motifs is 1. The normalized spacial score (nSPS) is 16.8. The SMILES string of the molecule is C1=Cc2ccccc2C1.C1CNCCN1.Cl. The summed E-state index contributed by atoms with van der Waals surface area (Å²) in [5, 5.41) is 6.44. The topological polar surface area (TPSA) is 24.1 Å². The third-order valence-corrected chi connectivity index (χ3v) is 2.65. The molecule has 2 N–H and O–H groups in total. The number of hydrogen-bond donors (Lipinski definition) is 2. The summed E-state index contributed by atoms with van der Waals surface area (Å²) in [5.41, 5.74) is 2.84. The van der Waals surface area contributed by atoms with Crippen LogP contribution in [-0.4, -0.2) is 26.2 Å². The number of allylic oxidation sites excluding steroid dienone is 1. The summed E-state index contributed by atoms with van der Waals surface area (Å²) >= 11 is 0. The van der Waals surface area contributed by atoms with Crippen molar-refractivity contribution in [3.05, 3.63) is 41.5 Å². The maximum atomic E-state index is 3.22. The monoisotopic (exact) mass is 238 g/mol. The van der Waals surface area contributed by atoms with Crippen LogP contribution in [0.2, 0.25) is 0 Å². The van der Waals surface area contributed by atoms with Crippen LogP contribution in [0.25, 0.3) is 6.08 Å². The van der Waals surface area contributed by atoms with E-state index < -0.39 is 0 Å². The van der Waals surface area contributed by atoms with Crippen LogP contribution in [-0.2, 0) is 6.42 Å². The first-order chi connectivity index (χ1) is 7.47. The lowest BCUT2D eigenvalue weighted by Gasteiger charge is -2.11. The molecule has 3 rings (SSSR count). The quantitative estimate of drug-likeness (QED) is 0.721. The van der Waals surface area contributed by atoms with E-state index in [-0.39, 0.29) is 12.4 Å². The van der Waals surface area contributed by atoms with Crippen molar-refractivity contribution in [2.75, 3.05) is 26.2 Å². The van der Waals surface area contributed by atoms with Crippen LogP contribution in [0.15, 0.2) is 30.3 Å². The molecule has 0 spiro atoms. The van der Waals surface area contributed by atoms with Crippen molar-refractivity contribution >= 4 is 18.5 Å². The standard InChI is InChI=1S/C9H8.C4H10N2.ClH/c1-2-5-9-7-3-6-8(9)4-1;1-2-6-4-3-5-1;/h1-6H,7H2;5-6H,1-4H2;1H. The second-order valence-electron chi connectivity index (χ2n) is 3.81. The third-order valence-electron chi connectivity index (χ3n) is 2.65. The summed E-state index contributed by atoms with van der Waals surface area (Å²) in [5.74, 6) is 0. The molecule has 1 aliphatic heterocycles. The maximum absolute atomic E-state index is 3.22. The second kappa shape index (κ2) is 7.44. The molecular formula is C13H19ClN2. The number of benzene rings is 1. The lowest BCUT2D eigenvalue weighted by molar-refractivity contribution is 0.534. The predicted molar refractivity (Wildman–Crippen MR) is 72.2 cm³/mol. The molecule has 1 aliphatic carbocycles. The molecule has 1 aromatic rings. The maximum Gasteiger partial charge on any atom is 0.00772 e. The third kappa shape index (κ3) is 3.97. The fourth-order valence-electron chi connectivity index (χ4n) is 1.80. The van der Waals surface area contributed by atoms with Crippen LogP contribution in [0.1, 0.15) is 11.1 Å². The van der Waals surface area contributed by atoms with Gasteiger partial charge in [0.05, 0.1) is 0 Å². The minimum Gasteiger partial charge on any atom is -0.314 e. The summed E-state index contributed by atoms with van der Waals surface area (Å²) in [6, 6.07) is 8.49. The van der Waals surface area contributed by atoms with Gasteiger partial charge in [0.1, 0.15) is 0 Å². The summed E-state index contributed by atoms with van der Waals surface area (Å²) in [7, 11) is 0. The van der Waals surface area contributed by atoms with Crippen LogP contribution in [0.4, 0.5) is 0 Å². The Morgan fingerprint density at radius 2 is 1.50 bits per heavy atom. The molecule has 0 atom stereocenters. The molecular weight excluding hydrogens is 220 g/mol. The fourth-order valence-corrected chi connectivity index (χ4v) is 1.80. The molecule has 0 aromatic heterocycles. The predicted octanol–water partition coefficient (Wildman–Crippen LogP) is 1.86. The first-order valence-corrected chi connectivity index (χ1v) is 5.63. The van der Waals surface area contributed by atoms with Gasteiger partial charge in [-0.3, -0.25) is 0 Å². The molecule has 1 aromatic carbocycles. The Bertz CT molecular complexity index is 321. The van der Waals surface area contributed by atoms with Crippen molar-refractivity contribution in [2.45, 2.75) is 6.42 Å². The van der Waals surface area contributed by atoms with Gasteiger partial charge in [0, 0.05) is 26.2 Å². The molecule has 0 saturated carbocycles. The van der Waals surface area contributed by atoms with E-state index >= 15 is 0 Å². The minimum absolute atomic E-state index is 0. The number of hydrogen-bond acceptors (Lipinski definition) is 2. The van der Waals surface area contributed by atoms with Gasteiger partial charge in [0.2, 0.25) is 0 Å². The Morgan fingerprint density at radius 1 is 0.875 bits per heavy atom. The molecule has 0 bridgehead atoms. The van der Waals surface area contributed by atoms with Crippen molar-refractivity contribution in [3.63, 3.8) is 0 Å². The van der Waals surface area contributed by atoms with E-state index in [1.54, 1.807) is 0 Å². The molecule has 1 saturated heterocycles. The average molecular weight is 239 g/mol. The summed E-state index contributed by atoms with van der Waals surface area (Å²) < 4.78 is 0. The molecule has 16 heavy (non-hydrogen) atoms. The van der Waals surface area contributed by atoms with E-state index in [0.29, 0.717) is 0 Å². The van der Waals surface area contributed by atoms with Crippen LogP contribution < -0.4 is 10.6 Å². The largest absolute Gasteiger partial charge is 0.314 e. The highest BCUT2D eigenvalue weighted by molar-refractivity contribution is 5.85. The van der Waals surface area contributed by atoms with Gasteiger partial charge in [-0.2, -0.15) is 0 Å². The minimum atomic E-state index is 0. The Hall–Kier alpha value is -0.830. The van der Waals surface area contributed by atoms with Crippen LogP contribution >= 0.6 is 12.4 Å². The molecule has 2 aliphatic rings. The van der Waals surface area contributed by atoms with Gasteiger partial charge in [-0.1, -0.05) is 36.4 Å². The molecule has 1 fully saturated rings. The number of piperazine rings is 1. The summed E-state index contributed by atoms with van der Waals surface area (Å²) in [6.07, 6.45) is 5.50. The zero-order valence-corrected chi connectivity index (χ0v) is 10.2. The smallest absolute Gasteiger partial charge is 0.00772 e. The molecule has 2 nitrogen and oxygen atoms in total. The molecule has 0 amide bonds. The molecule has 88 valence electrons. The van der Waals surface area contributed by atoms with Crippen LogP contribution in [0.5, 0.6) is 0 Å². The highest BCUT2D eigenvalue weighted by Gasteiger charge is 2.00. The van der Waals surface area contributed by atoms with Crippen molar-refractivity contribution in [2.24, 2.45) is 0 Å². The summed E-state index contributed by atoms with van der Waals surface area (Å²) in [6.45, 7) is 4.56. The molecule has 0 radical (unpaired) electrons. The molecule has 0 unspecified atom stereocenters. The highest BCUT2D eigenvalue weighted by atomic mass is 35.5. The van der Waals surface area contributed by atoms with Crippen molar-refractivity contribution in [3.8, 4) is 0 Å². The van der Waals surface area contributed by atoms with Gasteiger partial charge in [0.25, 0.3) is 0 Å².